The van der Waals surface area contributed by atoms with Gasteiger partial charge in [-0.05, 0) is 24.4 Å². The molecule has 22 heavy (non-hydrogen) atoms. The maximum Gasteiger partial charge on any atom is 0.293 e. The number of carbonyl (C=O) groups excluding carboxylic acids is 1. The quantitative estimate of drug-likeness (QED) is 0.592. The van der Waals surface area contributed by atoms with Gasteiger partial charge in [-0.25, -0.2) is 9.50 Å². The van der Waals surface area contributed by atoms with E-state index in [0.717, 1.165) is 0 Å². The molecule has 0 radical (unpaired) electrons. The minimum absolute atomic E-state index is 0.0907. The lowest BCUT2D eigenvalue weighted by Crippen LogP contribution is -2.31. The first-order valence-corrected chi connectivity index (χ1v) is 6.85. The van der Waals surface area contributed by atoms with Crippen molar-refractivity contribution in [3.8, 4) is 6.07 Å². The van der Waals surface area contributed by atoms with Crippen LogP contribution in [-0.4, -0.2) is 41.6 Å². The second-order valence-corrected chi connectivity index (χ2v) is 5.31. The third-order valence-electron chi connectivity index (χ3n) is 4.04. The van der Waals surface area contributed by atoms with Gasteiger partial charge in [0.15, 0.2) is 11.4 Å². The Bertz CT molecular complexity index is 758. The Labute approximate surface area is 127 Å². The molecule has 1 saturated heterocycles. The molecule has 0 saturated carbocycles. The van der Waals surface area contributed by atoms with E-state index in [1.165, 1.54) is 6.33 Å². The summed E-state index contributed by atoms with van der Waals surface area (Å²) in [5, 5.41) is 13.9. The van der Waals surface area contributed by atoms with Gasteiger partial charge in [0.25, 0.3) is 6.47 Å². The highest BCUT2D eigenvalue weighted by atomic mass is 16.6. The third kappa shape index (κ3) is 2.00. The number of nitrogens with zero attached hydrogens (tertiary/aromatic N) is 4. The summed E-state index contributed by atoms with van der Waals surface area (Å²) in [5.74, 6) is 0.243. The Kier molecular flexibility index (Phi) is 3.46. The molecular formula is C13H14BN5O3. The van der Waals surface area contributed by atoms with Crippen LogP contribution in [0.5, 0.6) is 0 Å². The lowest BCUT2D eigenvalue weighted by Gasteiger charge is -2.25. The predicted octanol–water partition coefficient (Wildman–Crippen LogP) is -0.586. The molecule has 2 aromatic rings. The molecule has 1 aliphatic rings. The number of hydrogen-bond donors (Lipinski definition) is 1. The van der Waals surface area contributed by atoms with Gasteiger partial charge in [-0.3, -0.25) is 4.79 Å². The van der Waals surface area contributed by atoms with E-state index in [1.54, 1.807) is 16.6 Å². The number of ether oxygens (including phenoxy) is 2. The minimum atomic E-state index is -1.16. The van der Waals surface area contributed by atoms with E-state index < -0.39 is 5.60 Å². The molecule has 3 atom stereocenters. The van der Waals surface area contributed by atoms with Crippen LogP contribution < -0.4 is 5.73 Å². The van der Waals surface area contributed by atoms with E-state index in [1.807, 2.05) is 7.85 Å². The van der Waals surface area contributed by atoms with Crippen LogP contribution >= 0.6 is 0 Å². The van der Waals surface area contributed by atoms with Crippen molar-refractivity contribution in [3.63, 3.8) is 0 Å². The first-order chi connectivity index (χ1) is 10.6. The van der Waals surface area contributed by atoms with Gasteiger partial charge in [0.2, 0.25) is 0 Å². The minimum Gasteiger partial charge on any atom is -0.465 e. The van der Waals surface area contributed by atoms with Crippen molar-refractivity contribution in [1.29, 1.82) is 5.26 Å². The number of carbonyl (C=O) groups is 1. The topological polar surface area (TPSA) is 116 Å². The fraction of sp³-hybridized carbons (Fsp3) is 0.385. The van der Waals surface area contributed by atoms with Crippen LogP contribution in [0.4, 0.5) is 5.82 Å². The molecular weight excluding hydrogens is 285 g/mol. The third-order valence-corrected chi connectivity index (χ3v) is 4.04. The van der Waals surface area contributed by atoms with E-state index in [0.29, 0.717) is 29.9 Å². The van der Waals surface area contributed by atoms with Gasteiger partial charge in [0.05, 0.1) is 11.8 Å². The van der Waals surface area contributed by atoms with Gasteiger partial charge in [0, 0.05) is 0 Å². The molecule has 3 rings (SSSR count). The highest BCUT2D eigenvalue weighted by molar-refractivity contribution is 6.13. The summed E-state index contributed by atoms with van der Waals surface area (Å²) in [6.07, 6.45) is 1.61. The van der Waals surface area contributed by atoms with Gasteiger partial charge < -0.3 is 15.2 Å². The van der Waals surface area contributed by atoms with Crippen LogP contribution in [0.25, 0.3) is 5.52 Å². The Morgan fingerprint density at radius 3 is 3.23 bits per heavy atom. The molecule has 8 nitrogen and oxygen atoms in total. The summed E-state index contributed by atoms with van der Waals surface area (Å²) in [5.41, 5.74) is 5.88. The summed E-state index contributed by atoms with van der Waals surface area (Å²) in [4.78, 5) is 14.3. The second-order valence-electron chi connectivity index (χ2n) is 5.31. The SMILES string of the molecule is B[C@H]1C[C@@H](COC=O)OC1(C#N)c1ccc2c(N)ncnn12. The lowest BCUT2D eigenvalue weighted by atomic mass is 9.71. The highest BCUT2D eigenvalue weighted by Gasteiger charge is 2.50. The normalized spacial score (nSPS) is 27.6. The van der Waals surface area contributed by atoms with Crippen LogP contribution in [0.3, 0.4) is 0 Å². The van der Waals surface area contributed by atoms with Crippen molar-refractivity contribution in [2.75, 3.05) is 12.3 Å². The van der Waals surface area contributed by atoms with E-state index in [9.17, 15) is 10.1 Å². The van der Waals surface area contributed by atoms with E-state index in [2.05, 4.69) is 16.2 Å². The fourth-order valence-corrected chi connectivity index (χ4v) is 2.98. The number of nitriles is 1. The zero-order chi connectivity index (χ0) is 15.7. The molecule has 0 amide bonds. The van der Waals surface area contributed by atoms with Crippen molar-refractivity contribution in [2.24, 2.45) is 0 Å². The Morgan fingerprint density at radius 1 is 1.68 bits per heavy atom. The number of aromatic nitrogens is 3. The second kappa shape index (κ2) is 5.31. The average Bonchev–Trinajstić information content (AvgIpc) is 3.08. The molecule has 0 aliphatic carbocycles. The molecule has 0 spiro atoms. The zero-order valence-corrected chi connectivity index (χ0v) is 12.0. The molecule has 0 bridgehead atoms. The van der Waals surface area contributed by atoms with Crippen molar-refractivity contribution in [3.05, 3.63) is 24.2 Å². The number of anilines is 1. The molecule has 1 aliphatic heterocycles. The molecule has 9 heteroatoms. The molecule has 3 heterocycles. The maximum atomic E-state index is 10.3. The summed E-state index contributed by atoms with van der Waals surface area (Å²) >= 11 is 0. The zero-order valence-electron chi connectivity index (χ0n) is 12.0. The molecule has 1 fully saturated rings. The Morgan fingerprint density at radius 2 is 2.50 bits per heavy atom. The smallest absolute Gasteiger partial charge is 0.293 e. The highest BCUT2D eigenvalue weighted by Crippen LogP contribution is 2.46. The number of nitrogens with two attached hydrogens (primary N) is 1. The number of nitrogen functional groups attached to an aromatic ring is 1. The number of rotatable bonds is 4. The van der Waals surface area contributed by atoms with Crippen molar-refractivity contribution >= 4 is 25.7 Å². The summed E-state index contributed by atoms with van der Waals surface area (Å²) in [6.45, 7) is 0.499. The maximum absolute atomic E-state index is 10.3. The van der Waals surface area contributed by atoms with E-state index >= 15 is 0 Å². The average molecular weight is 299 g/mol. The molecule has 112 valence electrons. The summed E-state index contributed by atoms with van der Waals surface area (Å²) in [6, 6.07) is 5.79. The van der Waals surface area contributed by atoms with Crippen molar-refractivity contribution in [2.45, 2.75) is 23.9 Å². The lowest BCUT2D eigenvalue weighted by molar-refractivity contribution is -0.133. The fourth-order valence-electron chi connectivity index (χ4n) is 2.98. The van der Waals surface area contributed by atoms with Crippen LogP contribution in [0.2, 0.25) is 5.82 Å². The van der Waals surface area contributed by atoms with Crippen LogP contribution in [-0.2, 0) is 19.9 Å². The molecule has 2 aromatic heterocycles. The van der Waals surface area contributed by atoms with Crippen LogP contribution in [0.15, 0.2) is 18.5 Å². The van der Waals surface area contributed by atoms with Gasteiger partial charge in [-0.2, -0.15) is 10.4 Å². The summed E-state index contributed by atoms with van der Waals surface area (Å²) in [7, 11) is 1.92. The molecule has 0 aromatic carbocycles. The number of hydrogen-bond acceptors (Lipinski definition) is 7. The monoisotopic (exact) mass is 299 g/mol. The molecule has 1 unspecified atom stereocenters. The van der Waals surface area contributed by atoms with E-state index in [4.69, 9.17) is 15.2 Å². The number of fused-ring (bicyclic) bond motifs is 1. The van der Waals surface area contributed by atoms with Crippen molar-refractivity contribution in [1.82, 2.24) is 14.6 Å². The van der Waals surface area contributed by atoms with Gasteiger partial charge in [-0.1, -0.05) is 0 Å². The Hall–Kier alpha value is -2.60. The standard InChI is InChI=1S/C13H14BN5O3/c14-10-3-8(4-21-7-20)22-13(10,5-15)11-2-1-9-12(16)17-6-18-19(9)11/h1-2,6-8,10H,3-4,14H2,(H2,16,17,18)/t8-,10-,13?/m0/s1. The summed E-state index contributed by atoms with van der Waals surface area (Å²) < 4.78 is 12.3. The largest absolute Gasteiger partial charge is 0.465 e. The Balaban J connectivity index is 2.04. The van der Waals surface area contributed by atoms with Gasteiger partial charge >= 0.3 is 0 Å². The van der Waals surface area contributed by atoms with Crippen molar-refractivity contribution < 1.29 is 14.3 Å². The van der Waals surface area contributed by atoms with Gasteiger partial charge in [-0.15, -0.1) is 0 Å². The first kappa shape index (κ1) is 14.3. The van der Waals surface area contributed by atoms with E-state index in [-0.39, 0.29) is 18.5 Å². The van der Waals surface area contributed by atoms with Gasteiger partial charge in [0.1, 0.15) is 32.4 Å². The first-order valence-electron chi connectivity index (χ1n) is 6.85. The van der Waals surface area contributed by atoms with Crippen LogP contribution in [0.1, 0.15) is 12.1 Å². The molecule has 2 N–H and O–H groups in total. The van der Waals surface area contributed by atoms with Crippen LogP contribution in [0, 0.1) is 11.3 Å². The predicted molar refractivity (Wildman–Crippen MR) is 78.5 cm³/mol.